The Morgan fingerprint density at radius 2 is 1.93 bits per heavy atom. The number of hydrogen-bond acceptors (Lipinski definition) is 2. The topological polar surface area (TPSA) is 54.4 Å². The highest BCUT2D eigenvalue weighted by Crippen LogP contribution is 2.11. The SMILES string of the molecule is CC(=O)c1ccccc1/C=C/C(=O)O. The number of carboxylic acid groups (broad SMARTS) is 1. The number of carboxylic acids is 1. The zero-order valence-corrected chi connectivity index (χ0v) is 7.73. The molecule has 0 spiro atoms. The molecule has 0 atom stereocenters. The number of aliphatic carboxylic acids is 1. The lowest BCUT2D eigenvalue weighted by Gasteiger charge is -1.99. The summed E-state index contributed by atoms with van der Waals surface area (Å²) < 4.78 is 0. The molecule has 0 fully saturated rings. The van der Waals surface area contributed by atoms with E-state index in [2.05, 4.69) is 0 Å². The summed E-state index contributed by atoms with van der Waals surface area (Å²) in [7, 11) is 0. The van der Waals surface area contributed by atoms with Crippen LogP contribution in [-0.2, 0) is 4.79 Å². The molecule has 0 saturated carbocycles. The van der Waals surface area contributed by atoms with Crippen LogP contribution in [0, 0.1) is 0 Å². The lowest BCUT2D eigenvalue weighted by atomic mass is 10.0. The Kier molecular flexibility index (Phi) is 3.18. The maximum Gasteiger partial charge on any atom is 0.328 e. The number of ketones is 1. The number of carbonyl (C=O) groups excluding carboxylic acids is 1. The Bertz CT molecular complexity index is 391. The first-order valence-electron chi connectivity index (χ1n) is 4.12. The van der Waals surface area contributed by atoms with Crippen molar-refractivity contribution in [2.45, 2.75) is 6.92 Å². The molecule has 0 saturated heterocycles. The predicted octanol–water partition coefficient (Wildman–Crippen LogP) is 1.99. The predicted molar refractivity (Wildman–Crippen MR) is 53.1 cm³/mol. The van der Waals surface area contributed by atoms with Gasteiger partial charge in [0.25, 0.3) is 0 Å². The second-order valence-corrected chi connectivity index (χ2v) is 2.82. The summed E-state index contributed by atoms with van der Waals surface area (Å²) in [4.78, 5) is 21.4. The molecule has 14 heavy (non-hydrogen) atoms. The molecule has 0 aliphatic carbocycles. The van der Waals surface area contributed by atoms with Crippen molar-refractivity contribution < 1.29 is 14.7 Å². The first-order valence-corrected chi connectivity index (χ1v) is 4.12. The fraction of sp³-hybridized carbons (Fsp3) is 0.0909. The van der Waals surface area contributed by atoms with Crippen LogP contribution in [0.3, 0.4) is 0 Å². The third kappa shape index (κ3) is 2.55. The van der Waals surface area contributed by atoms with E-state index in [1.54, 1.807) is 24.3 Å². The Balaban J connectivity index is 3.07. The first kappa shape index (κ1) is 10.2. The van der Waals surface area contributed by atoms with Crippen molar-refractivity contribution in [2.24, 2.45) is 0 Å². The number of hydrogen-bond donors (Lipinski definition) is 1. The van der Waals surface area contributed by atoms with E-state index >= 15 is 0 Å². The van der Waals surface area contributed by atoms with Crippen molar-refractivity contribution >= 4 is 17.8 Å². The van der Waals surface area contributed by atoms with Gasteiger partial charge >= 0.3 is 5.97 Å². The molecule has 1 aromatic rings. The molecule has 1 aromatic carbocycles. The average molecular weight is 190 g/mol. The third-order valence-electron chi connectivity index (χ3n) is 1.75. The molecular formula is C11H10O3. The number of carbonyl (C=O) groups is 2. The summed E-state index contributed by atoms with van der Waals surface area (Å²) >= 11 is 0. The van der Waals surface area contributed by atoms with Gasteiger partial charge in [0.05, 0.1) is 0 Å². The monoisotopic (exact) mass is 190 g/mol. The van der Waals surface area contributed by atoms with Gasteiger partial charge in [-0.3, -0.25) is 4.79 Å². The van der Waals surface area contributed by atoms with Crippen LogP contribution in [0.1, 0.15) is 22.8 Å². The molecule has 72 valence electrons. The van der Waals surface area contributed by atoms with Gasteiger partial charge < -0.3 is 5.11 Å². The minimum Gasteiger partial charge on any atom is -0.478 e. The highest BCUT2D eigenvalue weighted by atomic mass is 16.4. The Morgan fingerprint density at radius 3 is 2.50 bits per heavy atom. The molecule has 0 amide bonds. The first-order chi connectivity index (χ1) is 6.61. The maximum absolute atomic E-state index is 11.1. The summed E-state index contributed by atoms with van der Waals surface area (Å²) in [6.07, 6.45) is 2.43. The Labute approximate surface area is 81.7 Å². The van der Waals surface area contributed by atoms with E-state index in [1.165, 1.54) is 13.0 Å². The van der Waals surface area contributed by atoms with Crippen molar-refractivity contribution in [3.63, 3.8) is 0 Å². The molecule has 0 aromatic heterocycles. The third-order valence-corrected chi connectivity index (χ3v) is 1.75. The van der Waals surface area contributed by atoms with E-state index in [9.17, 15) is 9.59 Å². The lowest BCUT2D eigenvalue weighted by Crippen LogP contribution is -1.95. The maximum atomic E-state index is 11.1. The average Bonchev–Trinajstić information content (AvgIpc) is 2.15. The highest BCUT2D eigenvalue weighted by molar-refractivity contribution is 5.98. The van der Waals surface area contributed by atoms with E-state index in [0.29, 0.717) is 11.1 Å². The summed E-state index contributed by atoms with van der Waals surface area (Å²) in [5.74, 6) is -1.10. The van der Waals surface area contributed by atoms with Crippen LogP contribution in [0.2, 0.25) is 0 Å². The molecule has 0 bridgehead atoms. The molecule has 0 radical (unpaired) electrons. The van der Waals surface area contributed by atoms with Crippen LogP contribution in [0.15, 0.2) is 30.3 Å². The summed E-state index contributed by atoms with van der Waals surface area (Å²) in [6, 6.07) is 6.88. The Hall–Kier alpha value is -1.90. The molecule has 3 heteroatoms. The van der Waals surface area contributed by atoms with Crippen LogP contribution < -0.4 is 0 Å². The zero-order chi connectivity index (χ0) is 10.6. The Morgan fingerprint density at radius 1 is 1.29 bits per heavy atom. The van der Waals surface area contributed by atoms with E-state index in [4.69, 9.17) is 5.11 Å². The van der Waals surface area contributed by atoms with E-state index < -0.39 is 5.97 Å². The van der Waals surface area contributed by atoms with Crippen molar-refractivity contribution in [2.75, 3.05) is 0 Å². The van der Waals surface area contributed by atoms with E-state index in [-0.39, 0.29) is 5.78 Å². The lowest BCUT2D eigenvalue weighted by molar-refractivity contribution is -0.131. The molecular weight excluding hydrogens is 180 g/mol. The molecule has 0 heterocycles. The number of benzene rings is 1. The largest absolute Gasteiger partial charge is 0.478 e. The van der Waals surface area contributed by atoms with Crippen LogP contribution >= 0.6 is 0 Å². The highest BCUT2D eigenvalue weighted by Gasteiger charge is 2.02. The second-order valence-electron chi connectivity index (χ2n) is 2.82. The summed E-state index contributed by atoms with van der Waals surface area (Å²) in [5, 5.41) is 8.43. The van der Waals surface area contributed by atoms with Gasteiger partial charge in [0, 0.05) is 11.6 Å². The smallest absolute Gasteiger partial charge is 0.328 e. The van der Waals surface area contributed by atoms with Crippen LogP contribution in [-0.4, -0.2) is 16.9 Å². The van der Waals surface area contributed by atoms with Crippen molar-refractivity contribution in [1.82, 2.24) is 0 Å². The van der Waals surface area contributed by atoms with Crippen molar-refractivity contribution in [3.05, 3.63) is 41.5 Å². The fourth-order valence-electron chi connectivity index (χ4n) is 1.12. The fourth-order valence-corrected chi connectivity index (χ4v) is 1.12. The van der Waals surface area contributed by atoms with Crippen molar-refractivity contribution in [1.29, 1.82) is 0 Å². The van der Waals surface area contributed by atoms with Gasteiger partial charge in [0.15, 0.2) is 5.78 Å². The van der Waals surface area contributed by atoms with Gasteiger partial charge in [-0.2, -0.15) is 0 Å². The number of rotatable bonds is 3. The van der Waals surface area contributed by atoms with Crippen LogP contribution in [0.5, 0.6) is 0 Å². The summed E-state index contributed by atoms with van der Waals surface area (Å²) in [5.41, 5.74) is 1.16. The standard InChI is InChI=1S/C11H10O3/c1-8(12)10-5-3-2-4-9(10)6-7-11(13)14/h2-7H,1H3,(H,13,14)/b7-6+. The van der Waals surface area contributed by atoms with Crippen LogP contribution in [0.4, 0.5) is 0 Å². The van der Waals surface area contributed by atoms with E-state index in [1.807, 2.05) is 0 Å². The quantitative estimate of drug-likeness (QED) is 0.585. The van der Waals surface area contributed by atoms with Gasteiger partial charge in [0.1, 0.15) is 0 Å². The van der Waals surface area contributed by atoms with Gasteiger partial charge in [-0.1, -0.05) is 24.3 Å². The van der Waals surface area contributed by atoms with Crippen molar-refractivity contribution in [3.8, 4) is 0 Å². The zero-order valence-electron chi connectivity index (χ0n) is 7.73. The van der Waals surface area contributed by atoms with Gasteiger partial charge in [0.2, 0.25) is 0 Å². The van der Waals surface area contributed by atoms with Crippen LogP contribution in [0.25, 0.3) is 6.08 Å². The molecule has 0 unspecified atom stereocenters. The minimum atomic E-state index is -1.02. The van der Waals surface area contributed by atoms with E-state index in [0.717, 1.165) is 6.08 Å². The molecule has 0 aliphatic rings. The molecule has 3 nitrogen and oxygen atoms in total. The number of Topliss-reactive ketones (excluding diaryl/α,β-unsaturated/α-hetero) is 1. The molecule has 1 N–H and O–H groups in total. The summed E-state index contributed by atoms with van der Waals surface area (Å²) in [6.45, 7) is 1.45. The second kappa shape index (κ2) is 4.37. The molecule has 1 rings (SSSR count). The normalized spacial score (nSPS) is 10.4. The molecule has 0 aliphatic heterocycles. The van der Waals surface area contributed by atoms with Gasteiger partial charge in [-0.25, -0.2) is 4.79 Å². The van der Waals surface area contributed by atoms with Gasteiger partial charge in [-0.15, -0.1) is 0 Å². The minimum absolute atomic E-state index is 0.0735. The van der Waals surface area contributed by atoms with Gasteiger partial charge in [-0.05, 0) is 18.6 Å².